The lowest BCUT2D eigenvalue weighted by Gasteiger charge is -2.07. The predicted octanol–water partition coefficient (Wildman–Crippen LogP) is 2.89. The van der Waals surface area contributed by atoms with Crippen molar-refractivity contribution < 1.29 is 9.72 Å². The van der Waals surface area contributed by atoms with Crippen molar-refractivity contribution in [3.05, 3.63) is 69.8 Å². The maximum Gasteiger partial charge on any atom is 0.269 e. The largest absolute Gasteiger partial charge is 0.326 e. The van der Waals surface area contributed by atoms with Crippen LogP contribution in [-0.4, -0.2) is 17.4 Å². The average Bonchev–Trinajstić information content (AvgIpc) is 2.53. The van der Waals surface area contributed by atoms with Crippen molar-refractivity contribution in [1.29, 1.82) is 0 Å². The van der Waals surface area contributed by atoms with Crippen molar-refractivity contribution in [2.24, 2.45) is 0 Å². The third-order valence-electron chi connectivity index (χ3n) is 3.32. The minimum absolute atomic E-state index is 0.0867. The molecular formula is C17H19N3O3. The van der Waals surface area contributed by atoms with Crippen LogP contribution in [0.2, 0.25) is 0 Å². The van der Waals surface area contributed by atoms with Crippen LogP contribution in [0.4, 0.5) is 11.4 Å². The molecule has 0 fully saturated rings. The van der Waals surface area contributed by atoms with Gasteiger partial charge < -0.3 is 10.6 Å². The van der Waals surface area contributed by atoms with E-state index in [4.69, 9.17) is 0 Å². The van der Waals surface area contributed by atoms with Gasteiger partial charge in [-0.05, 0) is 36.2 Å². The molecule has 0 saturated carbocycles. The predicted molar refractivity (Wildman–Crippen MR) is 89.3 cm³/mol. The second-order valence-corrected chi connectivity index (χ2v) is 5.23. The molecule has 0 aliphatic rings. The Morgan fingerprint density at radius 3 is 2.52 bits per heavy atom. The van der Waals surface area contributed by atoms with E-state index in [0.717, 1.165) is 29.8 Å². The fourth-order valence-corrected chi connectivity index (χ4v) is 2.20. The van der Waals surface area contributed by atoms with Gasteiger partial charge in [0.2, 0.25) is 5.91 Å². The number of nitrogens with zero attached hydrogens (tertiary/aromatic N) is 1. The number of nitro benzene ring substituents is 1. The normalized spacial score (nSPS) is 10.3. The van der Waals surface area contributed by atoms with Crippen LogP contribution in [0.3, 0.4) is 0 Å². The van der Waals surface area contributed by atoms with Gasteiger partial charge in [-0.1, -0.05) is 24.3 Å². The second-order valence-electron chi connectivity index (χ2n) is 5.23. The molecule has 2 N–H and O–H groups in total. The number of hydrogen-bond acceptors (Lipinski definition) is 4. The highest BCUT2D eigenvalue weighted by Gasteiger charge is 2.05. The summed E-state index contributed by atoms with van der Waals surface area (Å²) >= 11 is 0. The van der Waals surface area contributed by atoms with Crippen molar-refractivity contribution in [2.75, 3.05) is 11.9 Å². The van der Waals surface area contributed by atoms with Crippen molar-refractivity contribution in [1.82, 2.24) is 5.32 Å². The van der Waals surface area contributed by atoms with Gasteiger partial charge in [0, 0.05) is 31.3 Å². The Morgan fingerprint density at radius 1 is 1.13 bits per heavy atom. The van der Waals surface area contributed by atoms with Crippen LogP contribution in [0.5, 0.6) is 0 Å². The van der Waals surface area contributed by atoms with Crippen LogP contribution in [0, 0.1) is 10.1 Å². The van der Waals surface area contributed by atoms with Crippen LogP contribution in [0.1, 0.15) is 18.1 Å². The molecule has 1 amide bonds. The number of non-ortho nitro benzene ring substituents is 1. The van der Waals surface area contributed by atoms with Gasteiger partial charge >= 0.3 is 0 Å². The quantitative estimate of drug-likeness (QED) is 0.467. The fraction of sp³-hybridized carbons (Fsp3) is 0.235. The van der Waals surface area contributed by atoms with Crippen LogP contribution >= 0.6 is 0 Å². The van der Waals surface area contributed by atoms with Gasteiger partial charge in [-0.3, -0.25) is 14.9 Å². The number of benzene rings is 2. The first kappa shape index (κ1) is 16.6. The Bertz CT molecular complexity index is 684. The van der Waals surface area contributed by atoms with E-state index in [1.807, 2.05) is 30.3 Å². The standard InChI is InChI=1S/C17H19N3O3/c1-13(21)19-16-7-5-14(6-8-16)9-10-18-12-15-3-2-4-17(11-15)20(22)23/h2-8,11,18H,9-10,12H2,1H3,(H,19,21). The summed E-state index contributed by atoms with van der Waals surface area (Å²) in [6, 6.07) is 14.3. The third kappa shape index (κ3) is 5.52. The number of carbonyl (C=O) groups excluding carboxylic acids is 1. The minimum Gasteiger partial charge on any atom is -0.326 e. The van der Waals surface area contributed by atoms with Gasteiger partial charge in [-0.2, -0.15) is 0 Å². The van der Waals surface area contributed by atoms with Crippen LogP contribution < -0.4 is 10.6 Å². The first-order chi connectivity index (χ1) is 11.0. The highest BCUT2D eigenvalue weighted by atomic mass is 16.6. The van der Waals surface area contributed by atoms with Gasteiger partial charge in [-0.15, -0.1) is 0 Å². The first-order valence-corrected chi connectivity index (χ1v) is 7.35. The van der Waals surface area contributed by atoms with E-state index in [1.54, 1.807) is 12.1 Å². The summed E-state index contributed by atoms with van der Waals surface area (Å²) in [7, 11) is 0. The van der Waals surface area contributed by atoms with E-state index in [-0.39, 0.29) is 16.5 Å². The maximum atomic E-state index is 10.9. The number of anilines is 1. The summed E-state index contributed by atoms with van der Waals surface area (Å²) in [5, 5.41) is 16.7. The zero-order valence-electron chi connectivity index (χ0n) is 12.9. The number of amides is 1. The summed E-state index contributed by atoms with van der Waals surface area (Å²) in [5.74, 6) is -0.0867. The van der Waals surface area contributed by atoms with Gasteiger partial charge in [0.15, 0.2) is 0 Å². The highest BCUT2D eigenvalue weighted by Crippen LogP contribution is 2.13. The van der Waals surface area contributed by atoms with E-state index in [1.165, 1.54) is 13.0 Å². The number of nitro groups is 1. The molecule has 120 valence electrons. The molecule has 0 spiro atoms. The topological polar surface area (TPSA) is 84.3 Å². The fourth-order valence-electron chi connectivity index (χ4n) is 2.20. The molecule has 0 heterocycles. The Morgan fingerprint density at radius 2 is 1.87 bits per heavy atom. The summed E-state index contributed by atoms with van der Waals surface area (Å²) in [6.07, 6.45) is 0.843. The number of rotatable bonds is 7. The molecule has 0 aliphatic carbocycles. The molecule has 0 unspecified atom stereocenters. The Kier molecular flexibility index (Phi) is 5.82. The summed E-state index contributed by atoms with van der Waals surface area (Å²) < 4.78 is 0. The summed E-state index contributed by atoms with van der Waals surface area (Å²) in [4.78, 5) is 21.3. The molecule has 6 nitrogen and oxygen atoms in total. The highest BCUT2D eigenvalue weighted by molar-refractivity contribution is 5.88. The Balaban J connectivity index is 1.78. The molecular weight excluding hydrogens is 294 g/mol. The second kappa shape index (κ2) is 8.05. The number of hydrogen-bond donors (Lipinski definition) is 2. The first-order valence-electron chi connectivity index (χ1n) is 7.35. The van der Waals surface area contributed by atoms with Crippen molar-refractivity contribution in [2.45, 2.75) is 19.9 Å². The van der Waals surface area contributed by atoms with Gasteiger partial charge in [0.1, 0.15) is 0 Å². The van der Waals surface area contributed by atoms with E-state index in [2.05, 4.69) is 10.6 Å². The SMILES string of the molecule is CC(=O)Nc1ccc(CCNCc2cccc([N+](=O)[O-])c2)cc1. The molecule has 23 heavy (non-hydrogen) atoms. The zero-order chi connectivity index (χ0) is 16.7. The lowest BCUT2D eigenvalue weighted by molar-refractivity contribution is -0.384. The average molecular weight is 313 g/mol. The van der Waals surface area contributed by atoms with Gasteiger partial charge in [-0.25, -0.2) is 0 Å². The Hall–Kier alpha value is -2.73. The molecule has 2 aromatic carbocycles. The molecule has 0 atom stereocenters. The number of carbonyl (C=O) groups is 1. The van der Waals surface area contributed by atoms with Gasteiger partial charge in [0.25, 0.3) is 5.69 Å². The summed E-state index contributed by atoms with van der Waals surface area (Å²) in [5.41, 5.74) is 2.94. The van der Waals surface area contributed by atoms with Crippen molar-refractivity contribution in [3.63, 3.8) is 0 Å². The van der Waals surface area contributed by atoms with Crippen LogP contribution in [0.15, 0.2) is 48.5 Å². The van der Waals surface area contributed by atoms with Crippen molar-refractivity contribution >= 4 is 17.3 Å². The van der Waals surface area contributed by atoms with Gasteiger partial charge in [0.05, 0.1) is 4.92 Å². The molecule has 0 aliphatic heterocycles. The van der Waals surface area contributed by atoms with Crippen molar-refractivity contribution in [3.8, 4) is 0 Å². The van der Waals surface area contributed by atoms with E-state index < -0.39 is 0 Å². The van der Waals surface area contributed by atoms with E-state index >= 15 is 0 Å². The lowest BCUT2D eigenvalue weighted by Crippen LogP contribution is -2.16. The Labute approximate surface area is 134 Å². The maximum absolute atomic E-state index is 10.9. The molecule has 2 rings (SSSR count). The minimum atomic E-state index is -0.389. The molecule has 2 aromatic rings. The zero-order valence-corrected chi connectivity index (χ0v) is 12.9. The smallest absolute Gasteiger partial charge is 0.269 e. The molecule has 0 bridgehead atoms. The van der Waals surface area contributed by atoms with E-state index in [9.17, 15) is 14.9 Å². The van der Waals surface area contributed by atoms with Crippen LogP contribution in [0.25, 0.3) is 0 Å². The summed E-state index contributed by atoms with van der Waals surface area (Å²) in [6.45, 7) is 2.83. The molecule has 0 radical (unpaired) electrons. The monoisotopic (exact) mass is 313 g/mol. The van der Waals surface area contributed by atoms with Crippen LogP contribution in [-0.2, 0) is 17.8 Å². The number of nitrogens with one attached hydrogen (secondary N) is 2. The molecule has 6 heteroatoms. The molecule has 0 saturated heterocycles. The lowest BCUT2D eigenvalue weighted by atomic mass is 10.1. The molecule has 0 aromatic heterocycles. The third-order valence-corrected chi connectivity index (χ3v) is 3.32. The van der Waals surface area contributed by atoms with E-state index in [0.29, 0.717) is 6.54 Å².